The minimum atomic E-state index is -0.724. The van der Waals surface area contributed by atoms with Gasteiger partial charge in [0.15, 0.2) is 0 Å². The summed E-state index contributed by atoms with van der Waals surface area (Å²) in [6.07, 6.45) is 3.66. The Bertz CT molecular complexity index is 505. The van der Waals surface area contributed by atoms with Crippen molar-refractivity contribution >= 4 is 5.97 Å². The first-order valence-electron chi connectivity index (χ1n) is 8.87. The average molecular weight is 335 g/mol. The third-order valence-electron chi connectivity index (χ3n) is 4.98. The Hall–Kier alpha value is -1.59. The zero-order chi connectivity index (χ0) is 17.4. The molecule has 0 bridgehead atoms. The topological polar surface area (TPSA) is 67.8 Å². The summed E-state index contributed by atoms with van der Waals surface area (Å²) in [5.74, 6) is 0.120. The maximum absolute atomic E-state index is 11.5. The minimum Gasteiger partial charge on any atom is -0.491 e. The number of carbonyl (C=O) groups is 1. The minimum absolute atomic E-state index is 0.221. The molecule has 0 saturated carbocycles. The molecule has 1 aliphatic rings. The standard InChI is InChI=1S/C19H29NO4/c1-3-19(4-2,18(21)22)14-20-12-15-7-9-16(10-8-15)24-13-17-6-5-11-23-17/h7-10,17,20H,3-6,11-14H2,1-2H3,(H,21,22). The highest BCUT2D eigenvalue weighted by molar-refractivity contribution is 5.74. The Labute approximate surface area is 144 Å². The van der Waals surface area contributed by atoms with E-state index in [0.717, 1.165) is 30.8 Å². The van der Waals surface area contributed by atoms with E-state index in [4.69, 9.17) is 9.47 Å². The SMILES string of the molecule is CCC(CC)(CNCc1ccc(OCC2CCCO2)cc1)C(=O)O. The predicted octanol–water partition coefficient (Wildman–Crippen LogP) is 3.23. The second-order valence-corrected chi connectivity index (χ2v) is 6.49. The Morgan fingerprint density at radius 3 is 2.58 bits per heavy atom. The van der Waals surface area contributed by atoms with E-state index in [1.165, 1.54) is 0 Å². The highest BCUT2D eigenvalue weighted by Gasteiger charge is 2.34. The van der Waals surface area contributed by atoms with Gasteiger partial charge in [0.2, 0.25) is 0 Å². The highest BCUT2D eigenvalue weighted by atomic mass is 16.5. The van der Waals surface area contributed by atoms with Crippen molar-refractivity contribution in [3.63, 3.8) is 0 Å². The second-order valence-electron chi connectivity index (χ2n) is 6.49. The van der Waals surface area contributed by atoms with Gasteiger partial charge >= 0.3 is 5.97 Å². The maximum atomic E-state index is 11.5. The van der Waals surface area contributed by atoms with Crippen molar-refractivity contribution in [3.05, 3.63) is 29.8 Å². The van der Waals surface area contributed by atoms with Gasteiger partial charge in [-0.05, 0) is 43.4 Å². The molecule has 0 amide bonds. The van der Waals surface area contributed by atoms with Gasteiger partial charge in [0.25, 0.3) is 0 Å². The van der Waals surface area contributed by atoms with E-state index in [1.54, 1.807) is 0 Å². The second kappa shape index (κ2) is 9.04. The first-order valence-corrected chi connectivity index (χ1v) is 8.87. The van der Waals surface area contributed by atoms with Gasteiger partial charge in [0.1, 0.15) is 12.4 Å². The molecule has 0 aliphatic carbocycles. The molecule has 1 atom stereocenters. The molecule has 24 heavy (non-hydrogen) atoms. The summed E-state index contributed by atoms with van der Waals surface area (Å²) in [5.41, 5.74) is 0.440. The molecule has 5 heteroatoms. The molecule has 0 radical (unpaired) electrons. The van der Waals surface area contributed by atoms with Gasteiger partial charge in [-0.2, -0.15) is 0 Å². The summed E-state index contributed by atoms with van der Waals surface area (Å²) >= 11 is 0. The molecule has 1 aromatic carbocycles. The summed E-state index contributed by atoms with van der Waals surface area (Å²) < 4.78 is 11.3. The fourth-order valence-corrected chi connectivity index (χ4v) is 2.99. The number of nitrogens with one attached hydrogen (secondary N) is 1. The average Bonchev–Trinajstić information content (AvgIpc) is 3.11. The van der Waals surface area contributed by atoms with Crippen LogP contribution in [0.1, 0.15) is 45.1 Å². The number of hydrogen-bond acceptors (Lipinski definition) is 4. The molecular formula is C19H29NO4. The van der Waals surface area contributed by atoms with Crippen LogP contribution in [0.3, 0.4) is 0 Å². The first kappa shape index (κ1) is 18.7. The fourth-order valence-electron chi connectivity index (χ4n) is 2.99. The van der Waals surface area contributed by atoms with E-state index in [9.17, 15) is 9.90 Å². The van der Waals surface area contributed by atoms with E-state index in [2.05, 4.69) is 5.32 Å². The van der Waals surface area contributed by atoms with Crippen LogP contribution in [0.25, 0.3) is 0 Å². The molecule has 0 spiro atoms. The Balaban J connectivity index is 1.77. The molecule has 134 valence electrons. The lowest BCUT2D eigenvalue weighted by atomic mass is 9.82. The van der Waals surface area contributed by atoms with Crippen LogP contribution in [0.4, 0.5) is 0 Å². The Morgan fingerprint density at radius 1 is 1.33 bits per heavy atom. The number of carboxylic acids is 1. The van der Waals surface area contributed by atoms with E-state index in [0.29, 0.717) is 32.5 Å². The number of aliphatic carboxylic acids is 1. The molecule has 1 aromatic rings. The molecule has 1 aliphatic heterocycles. The molecule has 1 heterocycles. The van der Waals surface area contributed by atoms with E-state index in [1.807, 2.05) is 38.1 Å². The first-order chi connectivity index (χ1) is 11.6. The van der Waals surface area contributed by atoms with Crippen molar-refractivity contribution in [2.24, 2.45) is 5.41 Å². The van der Waals surface area contributed by atoms with Crippen molar-refractivity contribution in [1.82, 2.24) is 5.32 Å². The van der Waals surface area contributed by atoms with Crippen LogP contribution in [0, 0.1) is 5.41 Å². The van der Waals surface area contributed by atoms with Gasteiger partial charge in [0.05, 0.1) is 11.5 Å². The van der Waals surface area contributed by atoms with Crippen LogP contribution in [0.2, 0.25) is 0 Å². The quantitative estimate of drug-likeness (QED) is 0.687. The summed E-state index contributed by atoms with van der Waals surface area (Å²) in [6, 6.07) is 7.93. The monoisotopic (exact) mass is 335 g/mol. The third-order valence-corrected chi connectivity index (χ3v) is 4.98. The van der Waals surface area contributed by atoms with Crippen LogP contribution in [-0.2, 0) is 16.1 Å². The zero-order valence-corrected chi connectivity index (χ0v) is 14.7. The lowest BCUT2D eigenvalue weighted by Crippen LogP contribution is -2.39. The number of rotatable bonds is 10. The van der Waals surface area contributed by atoms with Crippen LogP contribution in [0.5, 0.6) is 5.75 Å². The molecule has 1 unspecified atom stereocenters. The lowest BCUT2D eigenvalue weighted by Gasteiger charge is -2.27. The van der Waals surface area contributed by atoms with Crippen LogP contribution >= 0.6 is 0 Å². The maximum Gasteiger partial charge on any atom is 0.310 e. The van der Waals surface area contributed by atoms with E-state index >= 15 is 0 Å². The summed E-state index contributed by atoms with van der Waals surface area (Å²) in [5, 5.41) is 12.7. The molecule has 5 nitrogen and oxygen atoms in total. The molecular weight excluding hydrogens is 306 g/mol. The lowest BCUT2D eigenvalue weighted by molar-refractivity contribution is -0.149. The molecule has 2 N–H and O–H groups in total. The van der Waals surface area contributed by atoms with Crippen molar-refractivity contribution in [2.45, 2.75) is 52.2 Å². The van der Waals surface area contributed by atoms with Gasteiger partial charge in [0, 0.05) is 19.7 Å². The molecule has 1 saturated heterocycles. The van der Waals surface area contributed by atoms with Crippen molar-refractivity contribution in [1.29, 1.82) is 0 Å². The van der Waals surface area contributed by atoms with Crippen LogP contribution < -0.4 is 10.1 Å². The number of carboxylic acid groups (broad SMARTS) is 1. The summed E-state index contributed by atoms with van der Waals surface area (Å²) in [7, 11) is 0. The van der Waals surface area contributed by atoms with E-state index in [-0.39, 0.29) is 6.10 Å². The fraction of sp³-hybridized carbons (Fsp3) is 0.632. The van der Waals surface area contributed by atoms with Crippen molar-refractivity contribution in [2.75, 3.05) is 19.8 Å². The summed E-state index contributed by atoms with van der Waals surface area (Å²) in [4.78, 5) is 11.5. The van der Waals surface area contributed by atoms with Gasteiger partial charge < -0.3 is 19.9 Å². The zero-order valence-electron chi connectivity index (χ0n) is 14.7. The predicted molar refractivity (Wildman–Crippen MR) is 93.3 cm³/mol. The highest BCUT2D eigenvalue weighted by Crippen LogP contribution is 2.26. The van der Waals surface area contributed by atoms with Gasteiger partial charge in [-0.25, -0.2) is 0 Å². The van der Waals surface area contributed by atoms with Gasteiger partial charge in [-0.3, -0.25) is 4.79 Å². The van der Waals surface area contributed by atoms with Gasteiger partial charge in [-0.15, -0.1) is 0 Å². The van der Waals surface area contributed by atoms with Crippen LogP contribution in [0.15, 0.2) is 24.3 Å². The number of benzene rings is 1. The van der Waals surface area contributed by atoms with Gasteiger partial charge in [-0.1, -0.05) is 26.0 Å². The van der Waals surface area contributed by atoms with Crippen LogP contribution in [-0.4, -0.2) is 36.9 Å². The third kappa shape index (κ3) is 4.95. The molecule has 2 rings (SSSR count). The van der Waals surface area contributed by atoms with Crippen molar-refractivity contribution < 1.29 is 19.4 Å². The molecule has 1 fully saturated rings. The normalized spacial score (nSPS) is 17.8. The number of hydrogen-bond donors (Lipinski definition) is 2. The Kier molecular flexibility index (Phi) is 7.06. The van der Waals surface area contributed by atoms with E-state index < -0.39 is 11.4 Å². The summed E-state index contributed by atoms with van der Waals surface area (Å²) in [6.45, 7) is 6.43. The number of ether oxygens (including phenoxy) is 2. The Morgan fingerprint density at radius 2 is 2.04 bits per heavy atom. The largest absolute Gasteiger partial charge is 0.491 e. The molecule has 0 aromatic heterocycles. The van der Waals surface area contributed by atoms with Crippen molar-refractivity contribution in [3.8, 4) is 5.75 Å². The smallest absolute Gasteiger partial charge is 0.310 e.